The van der Waals surface area contributed by atoms with E-state index >= 15 is 4.39 Å². The topological polar surface area (TPSA) is 117 Å². The minimum Gasteiger partial charge on any atom is -0.344 e. The monoisotopic (exact) mass is 618 g/mol. The van der Waals surface area contributed by atoms with Crippen LogP contribution in [0.5, 0.6) is 0 Å². The van der Waals surface area contributed by atoms with E-state index in [1.165, 1.54) is 12.1 Å². The van der Waals surface area contributed by atoms with Gasteiger partial charge in [-0.3, -0.25) is 23.9 Å². The summed E-state index contributed by atoms with van der Waals surface area (Å²) in [5.41, 5.74) is 1.78. The lowest BCUT2D eigenvalue weighted by Crippen LogP contribution is -2.54. The van der Waals surface area contributed by atoms with Gasteiger partial charge in [0.25, 0.3) is 0 Å². The number of halogens is 1. The van der Waals surface area contributed by atoms with Crippen molar-refractivity contribution >= 4 is 29.2 Å². The summed E-state index contributed by atoms with van der Waals surface area (Å²) in [5.74, 6) is -2.95. The standard InChI is InChI=1S/C34H43FN6O4/c1-5-32(43)37-29(34(45)40-18-16-39(4)17-19-40)21-24-12-13-28(27(35)20-24)38-33(44)26(23(3)25-10-8-7-9-11-25)22-31(42)30-14-15-36-41(30)6-2/h7-15,20,23,26,29H,5-6,16-19,21-22H2,1-4H3,(H,37,43)(H,38,44)/t23-,26-,29+/m0/s1. The van der Waals surface area contributed by atoms with Gasteiger partial charge in [0.1, 0.15) is 17.6 Å². The van der Waals surface area contributed by atoms with E-state index < -0.39 is 23.7 Å². The second kappa shape index (κ2) is 15.6. The lowest BCUT2D eigenvalue weighted by molar-refractivity contribution is -0.137. The predicted molar refractivity (Wildman–Crippen MR) is 170 cm³/mol. The van der Waals surface area contributed by atoms with E-state index in [0.29, 0.717) is 30.9 Å². The fourth-order valence-electron chi connectivity index (χ4n) is 5.60. The second-order valence-electron chi connectivity index (χ2n) is 11.6. The summed E-state index contributed by atoms with van der Waals surface area (Å²) in [6, 6.07) is 14.6. The Balaban J connectivity index is 1.52. The number of benzene rings is 2. The smallest absolute Gasteiger partial charge is 0.245 e. The van der Waals surface area contributed by atoms with Gasteiger partial charge in [-0.1, -0.05) is 50.2 Å². The van der Waals surface area contributed by atoms with Crippen molar-refractivity contribution in [1.82, 2.24) is 24.9 Å². The van der Waals surface area contributed by atoms with Crippen molar-refractivity contribution in [3.63, 3.8) is 0 Å². The number of carbonyl (C=O) groups excluding carboxylic acids is 4. The Kier molecular flexibility index (Phi) is 11.6. The van der Waals surface area contributed by atoms with Gasteiger partial charge in [0.05, 0.1) is 11.6 Å². The SMILES string of the molecule is CCC(=O)N[C@H](Cc1ccc(NC(=O)[C@@H](CC(=O)c2ccnn2CC)[C@@H](C)c2ccccc2)c(F)c1)C(=O)N1CCN(C)CC1. The number of piperazine rings is 1. The maximum absolute atomic E-state index is 15.5. The number of hydrogen-bond acceptors (Lipinski definition) is 6. The molecule has 1 aromatic heterocycles. The number of amides is 3. The van der Waals surface area contributed by atoms with E-state index in [0.717, 1.165) is 18.7 Å². The summed E-state index contributed by atoms with van der Waals surface area (Å²) in [6.45, 7) is 8.57. The van der Waals surface area contributed by atoms with Crippen molar-refractivity contribution in [1.29, 1.82) is 0 Å². The summed E-state index contributed by atoms with van der Waals surface area (Å²) >= 11 is 0. The maximum Gasteiger partial charge on any atom is 0.245 e. The number of aryl methyl sites for hydroxylation is 1. The number of nitrogens with zero attached hydrogens (tertiary/aromatic N) is 4. The second-order valence-corrected chi connectivity index (χ2v) is 11.6. The van der Waals surface area contributed by atoms with Crippen molar-refractivity contribution in [2.24, 2.45) is 5.92 Å². The molecular formula is C34H43FN6O4. The molecule has 45 heavy (non-hydrogen) atoms. The van der Waals surface area contributed by atoms with Crippen LogP contribution in [0.25, 0.3) is 0 Å². The number of hydrogen-bond donors (Lipinski definition) is 2. The molecule has 10 nitrogen and oxygen atoms in total. The van der Waals surface area contributed by atoms with Crippen LogP contribution in [0.15, 0.2) is 60.8 Å². The molecule has 240 valence electrons. The van der Waals surface area contributed by atoms with Gasteiger partial charge < -0.3 is 20.4 Å². The Morgan fingerprint density at radius 2 is 1.69 bits per heavy atom. The molecule has 2 N–H and O–H groups in total. The van der Waals surface area contributed by atoms with Gasteiger partial charge in [0, 0.05) is 58.2 Å². The zero-order valence-electron chi connectivity index (χ0n) is 26.5. The summed E-state index contributed by atoms with van der Waals surface area (Å²) in [5, 5.41) is 9.68. The van der Waals surface area contributed by atoms with Crippen molar-refractivity contribution in [2.45, 2.75) is 58.5 Å². The minimum absolute atomic E-state index is 0.0281. The molecule has 0 saturated carbocycles. The van der Waals surface area contributed by atoms with E-state index in [1.54, 1.807) is 34.8 Å². The Morgan fingerprint density at radius 1 is 0.978 bits per heavy atom. The Labute approximate surface area is 264 Å². The summed E-state index contributed by atoms with van der Waals surface area (Å²) in [7, 11) is 1.99. The molecule has 0 spiro atoms. The van der Waals surface area contributed by atoms with Gasteiger partial charge in [-0.15, -0.1) is 0 Å². The first-order valence-electron chi connectivity index (χ1n) is 15.6. The molecule has 2 aromatic carbocycles. The zero-order valence-corrected chi connectivity index (χ0v) is 26.5. The van der Waals surface area contributed by atoms with Crippen molar-refractivity contribution in [2.75, 3.05) is 38.5 Å². The van der Waals surface area contributed by atoms with E-state index in [9.17, 15) is 19.2 Å². The van der Waals surface area contributed by atoms with Crippen LogP contribution in [0.3, 0.4) is 0 Å². The van der Waals surface area contributed by atoms with E-state index in [4.69, 9.17) is 0 Å². The van der Waals surface area contributed by atoms with Gasteiger partial charge in [0.2, 0.25) is 17.7 Å². The lowest BCUT2D eigenvalue weighted by atomic mass is 9.83. The molecule has 1 aliphatic heterocycles. The molecule has 0 unspecified atom stereocenters. The molecule has 2 heterocycles. The van der Waals surface area contributed by atoms with Gasteiger partial charge in [-0.2, -0.15) is 5.10 Å². The molecule has 3 amide bonds. The molecule has 0 bridgehead atoms. The number of Topliss-reactive ketones (excluding diaryl/α,β-unsaturated/α-hetero) is 1. The first-order valence-corrected chi connectivity index (χ1v) is 15.6. The fourth-order valence-corrected chi connectivity index (χ4v) is 5.60. The molecule has 1 saturated heterocycles. The summed E-state index contributed by atoms with van der Waals surface area (Å²) < 4.78 is 17.1. The molecule has 3 atom stereocenters. The molecule has 3 aromatic rings. The number of nitrogens with one attached hydrogen (secondary N) is 2. The number of rotatable bonds is 13. The minimum atomic E-state index is -0.834. The average molecular weight is 619 g/mol. The summed E-state index contributed by atoms with van der Waals surface area (Å²) in [6.07, 6.45) is 1.80. The number of aromatic nitrogens is 2. The Hall–Kier alpha value is -4.38. The third-order valence-corrected chi connectivity index (χ3v) is 8.47. The molecular weight excluding hydrogens is 575 g/mol. The highest BCUT2D eigenvalue weighted by atomic mass is 19.1. The highest BCUT2D eigenvalue weighted by molar-refractivity contribution is 6.00. The van der Waals surface area contributed by atoms with Crippen LogP contribution in [0.4, 0.5) is 10.1 Å². The van der Waals surface area contributed by atoms with E-state index in [-0.39, 0.29) is 48.5 Å². The first kappa shape index (κ1) is 33.5. The zero-order chi connectivity index (χ0) is 32.5. The van der Waals surface area contributed by atoms with Gasteiger partial charge in [0.15, 0.2) is 5.78 Å². The molecule has 0 aliphatic carbocycles. The molecule has 1 fully saturated rings. The van der Waals surface area contributed by atoms with E-state index in [2.05, 4.69) is 20.6 Å². The average Bonchev–Trinajstić information content (AvgIpc) is 3.54. The number of anilines is 1. The molecule has 11 heteroatoms. The fraction of sp³-hybridized carbons (Fsp3) is 0.441. The van der Waals surface area contributed by atoms with Crippen molar-refractivity contribution in [3.05, 3.63) is 83.4 Å². The third-order valence-electron chi connectivity index (χ3n) is 8.47. The third kappa shape index (κ3) is 8.63. The van der Waals surface area contributed by atoms with Crippen molar-refractivity contribution < 1.29 is 23.6 Å². The van der Waals surface area contributed by atoms with Gasteiger partial charge in [-0.25, -0.2) is 4.39 Å². The summed E-state index contributed by atoms with van der Waals surface area (Å²) in [4.78, 5) is 56.5. The molecule has 1 aliphatic rings. The molecule has 0 radical (unpaired) electrons. The van der Waals surface area contributed by atoms with Gasteiger partial charge >= 0.3 is 0 Å². The first-order chi connectivity index (χ1) is 21.6. The largest absolute Gasteiger partial charge is 0.344 e. The normalized spacial score (nSPS) is 15.6. The number of carbonyl (C=O) groups is 4. The van der Waals surface area contributed by atoms with E-state index in [1.807, 2.05) is 51.2 Å². The Morgan fingerprint density at radius 3 is 2.33 bits per heavy atom. The van der Waals surface area contributed by atoms with Crippen LogP contribution in [0, 0.1) is 11.7 Å². The van der Waals surface area contributed by atoms with Crippen LogP contribution in [-0.2, 0) is 27.3 Å². The predicted octanol–water partition coefficient (Wildman–Crippen LogP) is 3.88. The van der Waals surface area contributed by atoms with Gasteiger partial charge in [-0.05, 0) is 49.2 Å². The maximum atomic E-state index is 15.5. The van der Waals surface area contributed by atoms with Crippen molar-refractivity contribution in [3.8, 4) is 0 Å². The van der Waals surface area contributed by atoms with Crippen LogP contribution in [0.1, 0.15) is 61.1 Å². The lowest BCUT2D eigenvalue weighted by Gasteiger charge is -2.34. The van der Waals surface area contributed by atoms with Crippen LogP contribution < -0.4 is 10.6 Å². The van der Waals surface area contributed by atoms with Crippen LogP contribution >= 0.6 is 0 Å². The number of ketones is 1. The van der Waals surface area contributed by atoms with Crippen LogP contribution in [0.2, 0.25) is 0 Å². The van der Waals surface area contributed by atoms with Crippen LogP contribution in [-0.4, -0.2) is 82.4 Å². The number of likely N-dealkylation sites (N-methyl/N-ethyl adjacent to an activating group) is 1. The molecule has 4 rings (SSSR count). The Bertz CT molecular complexity index is 1480. The quantitative estimate of drug-likeness (QED) is 0.281. The highest BCUT2D eigenvalue weighted by Gasteiger charge is 2.31. The highest BCUT2D eigenvalue weighted by Crippen LogP contribution is 2.30.